The van der Waals surface area contributed by atoms with Crippen LogP contribution in [0, 0.1) is 17.6 Å². The molecule has 1 aromatic rings. The fourth-order valence-corrected chi connectivity index (χ4v) is 3.70. The van der Waals surface area contributed by atoms with Gasteiger partial charge >= 0.3 is 0 Å². The van der Waals surface area contributed by atoms with E-state index < -0.39 is 11.6 Å². The Morgan fingerprint density at radius 1 is 1.29 bits per heavy atom. The molecule has 2 rings (SSSR count). The molecule has 2 atom stereocenters. The Morgan fingerprint density at radius 2 is 2.00 bits per heavy atom. The monoisotopic (exact) mass is 360 g/mol. The second-order valence-corrected chi connectivity index (χ2v) is 6.59. The van der Waals surface area contributed by atoms with Crippen LogP contribution in [0.15, 0.2) is 16.6 Å². The third kappa shape index (κ3) is 3.82. The zero-order valence-electron chi connectivity index (χ0n) is 12.4. The summed E-state index contributed by atoms with van der Waals surface area (Å²) >= 11 is 3.13. The second-order valence-electron chi connectivity index (χ2n) is 5.73. The summed E-state index contributed by atoms with van der Waals surface area (Å²) < 4.78 is 28.4. The Morgan fingerprint density at radius 3 is 2.67 bits per heavy atom. The summed E-state index contributed by atoms with van der Waals surface area (Å²) in [5.74, 6) is -0.542. The molecule has 21 heavy (non-hydrogen) atoms. The predicted molar refractivity (Wildman–Crippen MR) is 84.9 cm³/mol. The Kier molecular flexibility index (Phi) is 6.14. The van der Waals surface area contributed by atoms with Gasteiger partial charge in [0.25, 0.3) is 0 Å². The maximum absolute atomic E-state index is 14.2. The van der Waals surface area contributed by atoms with Gasteiger partial charge in [0.2, 0.25) is 0 Å². The molecule has 1 saturated carbocycles. The van der Waals surface area contributed by atoms with Crippen LogP contribution in [0.2, 0.25) is 0 Å². The number of halogens is 3. The van der Waals surface area contributed by atoms with Crippen molar-refractivity contribution in [3.8, 4) is 0 Å². The first kappa shape index (κ1) is 16.8. The van der Waals surface area contributed by atoms with Crippen LogP contribution in [0.4, 0.5) is 8.78 Å². The van der Waals surface area contributed by atoms with Crippen LogP contribution in [0.3, 0.4) is 0 Å². The van der Waals surface area contributed by atoms with Crippen LogP contribution in [-0.2, 0) is 6.54 Å². The minimum atomic E-state index is -0.492. The highest BCUT2D eigenvalue weighted by Gasteiger charge is 2.29. The molecule has 1 fully saturated rings. The maximum Gasteiger partial charge on any atom is 0.144 e. The van der Waals surface area contributed by atoms with Crippen LogP contribution in [0.25, 0.3) is 0 Å². The van der Waals surface area contributed by atoms with E-state index >= 15 is 0 Å². The Labute approximate surface area is 133 Å². The lowest BCUT2D eigenvalue weighted by Crippen LogP contribution is -2.44. The van der Waals surface area contributed by atoms with Gasteiger partial charge in [-0.2, -0.15) is 0 Å². The number of rotatable bonds is 5. The molecule has 1 aliphatic carbocycles. The molecule has 2 nitrogen and oxygen atoms in total. The Bertz CT molecular complexity index is 482. The number of nitrogens with two attached hydrogens (primary N) is 1. The van der Waals surface area contributed by atoms with Gasteiger partial charge in [-0.15, -0.1) is 0 Å². The number of hydrogen-bond donors (Lipinski definition) is 1. The van der Waals surface area contributed by atoms with Gasteiger partial charge in [0.05, 0.1) is 4.47 Å². The molecule has 1 aliphatic rings. The summed E-state index contributed by atoms with van der Waals surface area (Å²) in [6.45, 7) is 3.75. The van der Waals surface area contributed by atoms with E-state index in [0.717, 1.165) is 19.4 Å². The molecule has 118 valence electrons. The molecular weight excluding hydrogens is 338 g/mol. The fraction of sp³-hybridized carbons (Fsp3) is 0.625. The molecule has 2 N–H and O–H groups in total. The largest absolute Gasteiger partial charge is 0.330 e. The van der Waals surface area contributed by atoms with Gasteiger partial charge in [-0.3, -0.25) is 4.90 Å². The van der Waals surface area contributed by atoms with Crippen molar-refractivity contribution in [1.82, 2.24) is 4.90 Å². The second kappa shape index (κ2) is 7.65. The van der Waals surface area contributed by atoms with Gasteiger partial charge in [0, 0.05) is 18.2 Å². The molecule has 0 aliphatic heterocycles. The maximum atomic E-state index is 14.2. The van der Waals surface area contributed by atoms with Gasteiger partial charge in [-0.25, -0.2) is 8.78 Å². The molecule has 0 aromatic heterocycles. The molecular formula is C16H23BrF2N2. The van der Waals surface area contributed by atoms with Crippen molar-refractivity contribution in [3.05, 3.63) is 33.8 Å². The normalized spacial score (nSPS) is 22.8. The van der Waals surface area contributed by atoms with Crippen molar-refractivity contribution >= 4 is 15.9 Å². The molecule has 0 spiro atoms. The first-order valence-corrected chi connectivity index (χ1v) is 8.44. The summed E-state index contributed by atoms with van der Waals surface area (Å²) in [6, 6.07) is 3.05. The van der Waals surface area contributed by atoms with E-state index in [9.17, 15) is 8.78 Å². The van der Waals surface area contributed by atoms with Crippen molar-refractivity contribution in [2.45, 2.75) is 45.2 Å². The standard InChI is InChI=1S/C16H23BrF2N2/c1-2-21(15-6-4-3-5-11(15)9-20)10-12-14(18)8-7-13(17)16(12)19/h7-8,11,15H,2-6,9-10,20H2,1H3. The summed E-state index contributed by atoms with van der Waals surface area (Å²) in [5.41, 5.74) is 6.03. The molecule has 2 unspecified atom stereocenters. The molecule has 0 radical (unpaired) electrons. The topological polar surface area (TPSA) is 29.3 Å². The fourth-order valence-electron chi connectivity index (χ4n) is 3.32. The number of hydrogen-bond acceptors (Lipinski definition) is 2. The van der Waals surface area contributed by atoms with E-state index in [2.05, 4.69) is 20.8 Å². The van der Waals surface area contributed by atoms with Crippen molar-refractivity contribution in [2.75, 3.05) is 13.1 Å². The SMILES string of the molecule is CCN(Cc1c(F)ccc(Br)c1F)C1CCCCC1CN. The van der Waals surface area contributed by atoms with E-state index in [0.29, 0.717) is 29.5 Å². The lowest BCUT2D eigenvalue weighted by molar-refractivity contribution is 0.103. The number of benzene rings is 1. The average Bonchev–Trinajstić information content (AvgIpc) is 2.51. The lowest BCUT2D eigenvalue weighted by Gasteiger charge is -2.39. The van der Waals surface area contributed by atoms with E-state index in [1.807, 2.05) is 6.92 Å². The summed E-state index contributed by atoms with van der Waals surface area (Å²) in [4.78, 5) is 2.17. The Hall–Kier alpha value is -0.520. The van der Waals surface area contributed by atoms with Crippen molar-refractivity contribution in [1.29, 1.82) is 0 Å². The molecule has 0 amide bonds. The zero-order valence-corrected chi connectivity index (χ0v) is 14.0. The molecule has 0 bridgehead atoms. The molecule has 0 heterocycles. The minimum absolute atomic E-state index is 0.146. The predicted octanol–water partition coefficient (Wildman–Crippen LogP) is 4.07. The van der Waals surface area contributed by atoms with Crippen LogP contribution in [0.5, 0.6) is 0 Å². The van der Waals surface area contributed by atoms with Gasteiger partial charge in [-0.05, 0) is 59.9 Å². The molecule has 1 aromatic carbocycles. The minimum Gasteiger partial charge on any atom is -0.330 e. The zero-order chi connectivity index (χ0) is 15.4. The smallest absolute Gasteiger partial charge is 0.144 e. The number of nitrogens with zero attached hydrogens (tertiary/aromatic N) is 1. The van der Waals surface area contributed by atoms with Crippen molar-refractivity contribution < 1.29 is 8.78 Å². The lowest BCUT2D eigenvalue weighted by atomic mass is 9.83. The van der Waals surface area contributed by atoms with Gasteiger partial charge < -0.3 is 5.73 Å². The van der Waals surface area contributed by atoms with Gasteiger partial charge in [0.15, 0.2) is 0 Å². The third-order valence-corrected chi connectivity index (χ3v) is 5.16. The van der Waals surface area contributed by atoms with Gasteiger partial charge in [0.1, 0.15) is 11.6 Å². The first-order chi connectivity index (χ1) is 10.1. The highest BCUT2D eigenvalue weighted by Crippen LogP contribution is 2.30. The summed E-state index contributed by atoms with van der Waals surface area (Å²) in [6.07, 6.45) is 4.55. The molecule has 0 saturated heterocycles. The third-order valence-electron chi connectivity index (χ3n) is 4.55. The summed E-state index contributed by atoms with van der Waals surface area (Å²) in [7, 11) is 0. The quantitative estimate of drug-likeness (QED) is 0.802. The highest BCUT2D eigenvalue weighted by atomic mass is 79.9. The molecule has 5 heteroatoms. The van der Waals surface area contributed by atoms with Crippen LogP contribution in [-0.4, -0.2) is 24.0 Å². The van der Waals surface area contributed by atoms with Crippen molar-refractivity contribution in [3.63, 3.8) is 0 Å². The first-order valence-electron chi connectivity index (χ1n) is 7.65. The van der Waals surface area contributed by atoms with Gasteiger partial charge in [-0.1, -0.05) is 19.8 Å². The van der Waals surface area contributed by atoms with E-state index in [1.165, 1.54) is 25.0 Å². The van der Waals surface area contributed by atoms with Crippen molar-refractivity contribution in [2.24, 2.45) is 11.7 Å². The van der Waals surface area contributed by atoms with E-state index in [-0.39, 0.29) is 5.56 Å². The van der Waals surface area contributed by atoms with Crippen LogP contribution < -0.4 is 5.73 Å². The van der Waals surface area contributed by atoms with E-state index in [4.69, 9.17) is 5.73 Å². The Balaban J connectivity index is 2.21. The van der Waals surface area contributed by atoms with Crippen LogP contribution in [0.1, 0.15) is 38.2 Å². The van der Waals surface area contributed by atoms with Crippen LogP contribution >= 0.6 is 15.9 Å². The summed E-state index contributed by atoms with van der Waals surface area (Å²) in [5, 5.41) is 0. The highest BCUT2D eigenvalue weighted by molar-refractivity contribution is 9.10. The van der Waals surface area contributed by atoms with E-state index in [1.54, 1.807) is 0 Å². The average molecular weight is 361 g/mol.